The van der Waals surface area contributed by atoms with Crippen LogP contribution in [0, 0.1) is 10.1 Å². The molecule has 0 aliphatic rings. The summed E-state index contributed by atoms with van der Waals surface area (Å²) in [5, 5.41) is 13.4. The first-order valence-electron chi connectivity index (χ1n) is 9.11. The topological polar surface area (TPSA) is 177 Å². The van der Waals surface area contributed by atoms with Gasteiger partial charge in [0.05, 0.1) is 4.92 Å². The monoisotopic (exact) mass is 454 g/mol. The third-order valence-corrected chi connectivity index (χ3v) is 3.65. The molecule has 0 saturated carbocycles. The minimum Gasteiger partial charge on any atom is -0.462 e. The Morgan fingerprint density at radius 3 is 1.97 bits per heavy atom. The molecule has 0 aliphatic carbocycles. The van der Waals surface area contributed by atoms with E-state index >= 15 is 0 Å². The molecule has 174 valence electrons. The molecule has 0 spiro atoms. The Morgan fingerprint density at radius 1 is 0.906 bits per heavy atom. The third kappa shape index (κ3) is 8.38. The minimum absolute atomic E-state index is 0.231. The van der Waals surface area contributed by atoms with Crippen LogP contribution in [-0.2, 0) is 42.9 Å². The molecule has 32 heavy (non-hydrogen) atoms. The summed E-state index contributed by atoms with van der Waals surface area (Å²) in [6, 6.07) is 5.14. The summed E-state index contributed by atoms with van der Waals surface area (Å²) >= 11 is 0. The fourth-order valence-electron chi connectivity index (χ4n) is 2.52. The van der Waals surface area contributed by atoms with Gasteiger partial charge < -0.3 is 24.3 Å². The molecule has 0 unspecified atom stereocenters. The van der Waals surface area contributed by atoms with E-state index in [0.717, 1.165) is 33.8 Å². The maximum atomic E-state index is 12.9. The molecule has 1 N–H and O–H groups in total. The van der Waals surface area contributed by atoms with E-state index in [-0.39, 0.29) is 5.69 Å². The molecule has 0 bridgehead atoms. The smallest absolute Gasteiger partial charge is 0.303 e. The highest BCUT2D eigenvalue weighted by molar-refractivity contribution is 5.97. The molecule has 0 aliphatic heterocycles. The van der Waals surface area contributed by atoms with Crippen LogP contribution < -0.4 is 5.32 Å². The Labute approximate surface area is 182 Å². The molecule has 1 amide bonds. The van der Waals surface area contributed by atoms with Crippen LogP contribution in [0.15, 0.2) is 24.3 Å². The summed E-state index contributed by atoms with van der Waals surface area (Å²) in [5.41, 5.74) is -0.687. The first-order chi connectivity index (χ1) is 14.9. The summed E-state index contributed by atoms with van der Waals surface area (Å²) in [6.07, 6.45) is -5.21. The van der Waals surface area contributed by atoms with Gasteiger partial charge in [-0.2, -0.15) is 0 Å². The van der Waals surface area contributed by atoms with E-state index in [1.807, 2.05) is 0 Å². The third-order valence-electron chi connectivity index (χ3n) is 3.65. The van der Waals surface area contributed by atoms with Crippen molar-refractivity contribution in [1.29, 1.82) is 0 Å². The summed E-state index contributed by atoms with van der Waals surface area (Å²) in [4.78, 5) is 69.4. The number of hydrogen-bond acceptors (Lipinski definition) is 11. The zero-order valence-electron chi connectivity index (χ0n) is 17.7. The molecule has 1 aromatic carbocycles. The van der Waals surface area contributed by atoms with Gasteiger partial charge in [0.15, 0.2) is 12.2 Å². The standard InChI is InChI=1S/C19H22N2O11/c1-10(22)29-9-16(30-11(2)23)17(31-12(3)24)18(32-13(4)25)19(26)20-14-7-5-6-8-15(14)21(27)28/h5-8,16-18H,9H2,1-4H3,(H,20,26)/t16-,17+,18+/m0/s1. The van der Waals surface area contributed by atoms with Crippen molar-refractivity contribution in [2.75, 3.05) is 11.9 Å². The van der Waals surface area contributed by atoms with Gasteiger partial charge in [-0.05, 0) is 6.07 Å². The zero-order valence-corrected chi connectivity index (χ0v) is 17.7. The summed E-state index contributed by atoms with van der Waals surface area (Å²) in [7, 11) is 0. The Morgan fingerprint density at radius 2 is 1.47 bits per heavy atom. The van der Waals surface area contributed by atoms with Crippen molar-refractivity contribution in [1.82, 2.24) is 0 Å². The number of nitro groups is 1. The van der Waals surface area contributed by atoms with E-state index < -0.39 is 65.3 Å². The van der Waals surface area contributed by atoms with Gasteiger partial charge in [0.2, 0.25) is 6.10 Å². The quantitative estimate of drug-likeness (QED) is 0.230. The van der Waals surface area contributed by atoms with Crippen molar-refractivity contribution in [3.8, 4) is 0 Å². The van der Waals surface area contributed by atoms with Gasteiger partial charge in [0.1, 0.15) is 12.3 Å². The number of esters is 4. The maximum absolute atomic E-state index is 12.9. The van der Waals surface area contributed by atoms with Crippen molar-refractivity contribution in [3.05, 3.63) is 34.4 Å². The van der Waals surface area contributed by atoms with E-state index in [0.29, 0.717) is 0 Å². The van der Waals surface area contributed by atoms with Crippen LogP contribution in [0.5, 0.6) is 0 Å². The van der Waals surface area contributed by atoms with Crippen LogP contribution in [0.3, 0.4) is 0 Å². The molecule has 0 heterocycles. The first-order valence-corrected chi connectivity index (χ1v) is 9.11. The molecule has 0 aromatic heterocycles. The molecule has 1 rings (SSSR count). The molecule has 13 heteroatoms. The van der Waals surface area contributed by atoms with Crippen molar-refractivity contribution in [3.63, 3.8) is 0 Å². The van der Waals surface area contributed by atoms with Crippen molar-refractivity contribution in [2.24, 2.45) is 0 Å². The lowest BCUT2D eigenvalue weighted by atomic mass is 10.1. The van der Waals surface area contributed by atoms with Crippen molar-refractivity contribution >= 4 is 41.2 Å². The lowest BCUT2D eigenvalue weighted by molar-refractivity contribution is -0.383. The molecular weight excluding hydrogens is 432 g/mol. The fraction of sp³-hybridized carbons (Fsp3) is 0.421. The highest BCUT2D eigenvalue weighted by Gasteiger charge is 2.42. The van der Waals surface area contributed by atoms with Crippen LogP contribution in [0.4, 0.5) is 11.4 Å². The van der Waals surface area contributed by atoms with E-state index in [1.165, 1.54) is 18.2 Å². The number of nitrogens with zero attached hydrogens (tertiary/aromatic N) is 1. The van der Waals surface area contributed by atoms with E-state index in [2.05, 4.69) is 5.32 Å². The number of amides is 1. The molecule has 0 radical (unpaired) electrons. The lowest BCUT2D eigenvalue weighted by Crippen LogP contribution is -2.52. The minimum atomic E-state index is -1.92. The Kier molecular flexibility index (Phi) is 9.73. The number of nitrogens with one attached hydrogen (secondary N) is 1. The SMILES string of the molecule is CC(=O)OC[C@H](OC(C)=O)[C@@H](OC(C)=O)[C@@H](OC(C)=O)C(=O)Nc1ccccc1[N+](=O)[O-]. The fourth-order valence-corrected chi connectivity index (χ4v) is 2.52. The molecular formula is C19H22N2O11. The summed E-state index contributed by atoms with van der Waals surface area (Å²) in [5.74, 6) is -4.68. The number of para-hydroxylation sites is 2. The zero-order chi connectivity index (χ0) is 24.4. The van der Waals surface area contributed by atoms with E-state index in [1.54, 1.807) is 0 Å². The number of carbonyl (C=O) groups is 5. The molecule has 13 nitrogen and oxygen atoms in total. The maximum Gasteiger partial charge on any atom is 0.303 e. The second kappa shape index (κ2) is 12.0. The number of anilines is 1. The Bertz CT molecular complexity index is 899. The van der Waals surface area contributed by atoms with Crippen molar-refractivity contribution in [2.45, 2.75) is 46.0 Å². The summed E-state index contributed by atoms with van der Waals surface area (Å²) < 4.78 is 19.9. The first kappa shape index (κ1) is 26.0. The van der Waals surface area contributed by atoms with Crippen LogP contribution >= 0.6 is 0 Å². The van der Waals surface area contributed by atoms with Gasteiger partial charge in [0, 0.05) is 33.8 Å². The van der Waals surface area contributed by atoms with Gasteiger partial charge in [-0.3, -0.25) is 34.1 Å². The van der Waals surface area contributed by atoms with Gasteiger partial charge in [-0.15, -0.1) is 0 Å². The number of ether oxygens (including phenoxy) is 4. The highest BCUT2D eigenvalue weighted by atomic mass is 16.6. The van der Waals surface area contributed by atoms with E-state index in [4.69, 9.17) is 18.9 Å². The number of nitro benzene ring substituents is 1. The molecule has 0 saturated heterocycles. The van der Waals surface area contributed by atoms with Gasteiger partial charge >= 0.3 is 23.9 Å². The largest absolute Gasteiger partial charge is 0.462 e. The number of benzene rings is 1. The van der Waals surface area contributed by atoms with Crippen LogP contribution in [0.25, 0.3) is 0 Å². The van der Waals surface area contributed by atoms with Crippen molar-refractivity contribution < 1.29 is 47.8 Å². The van der Waals surface area contributed by atoms with Crippen LogP contribution in [0.2, 0.25) is 0 Å². The number of carbonyl (C=O) groups excluding carboxylic acids is 5. The molecule has 0 fully saturated rings. The van der Waals surface area contributed by atoms with Crippen LogP contribution in [-0.4, -0.2) is 59.6 Å². The van der Waals surface area contributed by atoms with Gasteiger partial charge in [-0.25, -0.2) is 0 Å². The number of hydrogen-bond donors (Lipinski definition) is 1. The van der Waals surface area contributed by atoms with Gasteiger partial charge in [0.25, 0.3) is 11.6 Å². The predicted octanol–water partition coefficient (Wildman–Crippen LogP) is 0.892. The highest BCUT2D eigenvalue weighted by Crippen LogP contribution is 2.24. The predicted molar refractivity (Wildman–Crippen MR) is 105 cm³/mol. The average Bonchev–Trinajstić information content (AvgIpc) is 2.67. The van der Waals surface area contributed by atoms with E-state index in [9.17, 15) is 34.1 Å². The lowest BCUT2D eigenvalue weighted by Gasteiger charge is -2.30. The summed E-state index contributed by atoms with van der Waals surface area (Å²) in [6.45, 7) is 3.39. The normalized spacial score (nSPS) is 13.0. The van der Waals surface area contributed by atoms with Gasteiger partial charge in [-0.1, -0.05) is 12.1 Å². The molecule has 1 aromatic rings. The Balaban J connectivity index is 3.38. The Hall–Kier alpha value is -4.03. The average molecular weight is 454 g/mol. The molecule has 3 atom stereocenters. The van der Waals surface area contributed by atoms with Crippen LogP contribution in [0.1, 0.15) is 27.7 Å². The number of rotatable bonds is 10. The second-order valence-corrected chi connectivity index (χ2v) is 6.32. The second-order valence-electron chi connectivity index (χ2n) is 6.32.